The van der Waals surface area contributed by atoms with Gasteiger partial charge in [0.25, 0.3) is 5.91 Å². The summed E-state index contributed by atoms with van der Waals surface area (Å²) in [7, 11) is 4.27. The molecule has 1 N–H and O–H groups in total. The van der Waals surface area contributed by atoms with E-state index >= 15 is 0 Å². The lowest BCUT2D eigenvalue weighted by molar-refractivity contribution is -0.118. The number of Topliss-reactive ketones (excluding diaryl/α,β-unsaturated/α-hetero) is 2. The fraction of sp³-hybridized carbons (Fsp3) is 0.400. The molecule has 0 aliphatic rings. The largest absolute Gasteiger partial charge is 0.493 e. The van der Waals surface area contributed by atoms with Crippen molar-refractivity contribution in [3.8, 4) is 17.2 Å². The molecule has 120 valence electrons. The van der Waals surface area contributed by atoms with Gasteiger partial charge in [0.05, 0.1) is 21.3 Å². The van der Waals surface area contributed by atoms with Crippen LogP contribution in [0.15, 0.2) is 12.1 Å². The van der Waals surface area contributed by atoms with Gasteiger partial charge in [-0.25, -0.2) is 0 Å². The van der Waals surface area contributed by atoms with E-state index in [1.54, 1.807) is 0 Å². The number of methoxy groups -OCH3 is 3. The molecule has 22 heavy (non-hydrogen) atoms. The molecule has 1 amide bonds. The highest BCUT2D eigenvalue weighted by Gasteiger charge is 2.21. The minimum atomic E-state index is -0.796. The number of ether oxygens (including phenoxy) is 3. The smallest absolute Gasteiger partial charge is 0.292 e. The number of carbonyl (C=O) groups excluding carboxylic acids is 3. The molecule has 0 bridgehead atoms. The van der Waals surface area contributed by atoms with Crippen LogP contribution in [0.1, 0.15) is 23.7 Å². The van der Waals surface area contributed by atoms with Crippen molar-refractivity contribution in [1.29, 1.82) is 0 Å². The molecule has 0 atom stereocenters. The van der Waals surface area contributed by atoms with Gasteiger partial charge >= 0.3 is 0 Å². The van der Waals surface area contributed by atoms with Crippen LogP contribution >= 0.6 is 0 Å². The molecule has 0 saturated heterocycles. The molecule has 1 rings (SSSR count). The third-order valence-corrected chi connectivity index (χ3v) is 2.90. The van der Waals surface area contributed by atoms with Crippen LogP contribution in [0.5, 0.6) is 17.2 Å². The van der Waals surface area contributed by atoms with Crippen LogP contribution in [0, 0.1) is 0 Å². The molecule has 1 aromatic rings. The second kappa shape index (κ2) is 8.02. The van der Waals surface area contributed by atoms with Crippen molar-refractivity contribution in [3.63, 3.8) is 0 Å². The van der Waals surface area contributed by atoms with Crippen LogP contribution in [0.25, 0.3) is 0 Å². The molecule has 0 heterocycles. The molecule has 7 heteroatoms. The maximum absolute atomic E-state index is 12.1. The molecule has 0 aliphatic heterocycles. The Bertz CT molecular complexity index is 556. The van der Waals surface area contributed by atoms with Crippen molar-refractivity contribution >= 4 is 17.5 Å². The summed E-state index contributed by atoms with van der Waals surface area (Å²) >= 11 is 0. The average Bonchev–Trinajstić information content (AvgIpc) is 2.51. The maximum Gasteiger partial charge on any atom is 0.292 e. The van der Waals surface area contributed by atoms with E-state index in [2.05, 4.69) is 5.32 Å². The summed E-state index contributed by atoms with van der Waals surface area (Å²) in [6, 6.07) is 2.79. The minimum absolute atomic E-state index is 0.0689. The van der Waals surface area contributed by atoms with Crippen molar-refractivity contribution < 1.29 is 28.6 Å². The fourth-order valence-electron chi connectivity index (χ4n) is 1.78. The molecular weight excluding hydrogens is 290 g/mol. The van der Waals surface area contributed by atoms with Crippen molar-refractivity contribution in [2.75, 3.05) is 27.9 Å². The first-order valence-electron chi connectivity index (χ1n) is 6.56. The highest BCUT2D eigenvalue weighted by atomic mass is 16.5. The average molecular weight is 309 g/mol. The second-order valence-electron chi connectivity index (χ2n) is 4.45. The van der Waals surface area contributed by atoms with Crippen molar-refractivity contribution in [2.24, 2.45) is 0 Å². The number of hydrogen-bond acceptors (Lipinski definition) is 6. The summed E-state index contributed by atoms with van der Waals surface area (Å²) < 4.78 is 15.4. The van der Waals surface area contributed by atoms with Crippen molar-refractivity contribution in [1.82, 2.24) is 5.32 Å². The van der Waals surface area contributed by atoms with Crippen LogP contribution in [-0.2, 0) is 9.59 Å². The zero-order valence-electron chi connectivity index (χ0n) is 13.0. The number of ketones is 2. The summed E-state index contributed by atoms with van der Waals surface area (Å²) in [5.41, 5.74) is 0.106. The van der Waals surface area contributed by atoms with Gasteiger partial charge in [-0.3, -0.25) is 14.4 Å². The lowest BCUT2D eigenvalue weighted by atomic mass is 10.1. The van der Waals surface area contributed by atoms with Crippen LogP contribution < -0.4 is 19.5 Å². The molecule has 0 aliphatic carbocycles. The molecule has 0 unspecified atom stereocenters. The zero-order chi connectivity index (χ0) is 16.7. The third kappa shape index (κ3) is 4.21. The van der Waals surface area contributed by atoms with Gasteiger partial charge in [0.2, 0.25) is 11.5 Å². The number of rotatable bonds is 8. The molecule has 0 fully saturated rings. The number of hydrogen-bond donors (Lipinski definition) is 1. The van der Waals surface area contributed by atoms with Gasteiger partial charge in [0.1, 0.15) is 5.78 Å². The summed E-state index contributed by atoms with van der Waals surface area (Å²) in [6.07, 6.45) is 0.175. The Labute approximate surface area is 128 Å². The predicted octanol–water partition coefficient (Wildman–Crippen LogP) is 0.990. The normalized spacial score (nSPS) is 9.82. The van der Waals surface area contributed by atoms with E-state index in [0.29, 0.717) is 5.75 Å². The van der Waals surface area contributed by atoms with E-state index < -0.39 is 11.7 Å². The number of nitrogens with one attached hydrogen (secondary N) is 1. The number of carbonyl (C=O) groups is 3. The Morgan fingerprint density at radius 2 is 1.55 bits per heavy atom. The summed E-state index contributed by atoms with van der Waals surface area (Å²) in [4.78, 5) is 34.7. The Hall–Kier alpha value is -2.57. The van der Waals surface area contributed by atoms with Gasteiger partial charge in [0.15, 0.2) is 11.5 Å². The number of benzene rings is 1. The fourth-order valence-corrected chi connectivity index (χ4v) is 1.78. The van der Waals surface area contributed by atoms with Crippen LogP contribution in [0.2, 0.25) is 0 Å². The van der Waals surface area contributed by atoms with E-state index in [1.165, 1.54) is 40.4 Å². The predicted molar refractivity (Wildman–Crippen MR) is 78.7 cm³/mol. The van der Waals surface area contributed by atoms with Crippen LogP contribution in [-0.4, -0.2) is 45.3 Å². The molecule has 0 spiro atoms. The molecule has 1 aromatic carbocycles. The van der Waals surface area contributed by atoms with Crippen molar-refractivity contribution in [3.05, 3.63) is 17.7 Å². The Kier molecular flexibility index (Phi) is 6.37. The Morgan fingerprint density at radius 3 is 1.95 bits per heavy atom. The Balaban J connectivity index is 2.98. The molecular formula is C15H19NO6. The van der Waals surface area contributed by atoms with Gasteiger partial charge in [-0.05, 0) is 19.1 Å². The molecule has 0 radical (unpaired) electrons. The van der Waals surface area contributed by atoms with Gasteiger partial charge < -0.3 is 19.5 Å². The third-order valence-electron chi connectivity index (χ3n) is 2.90. The molecule has 7 nitrogen and oxygen atoms in total. The first kappa shape index (κ1) is 17.5. The highest BCUT2D eigenvalue weighted by molar-refractivity contribution is 6.43. The SMILES string of the molecule is COc1cc(C(=O)C(=O)NCCC(C)=O)cc(OC)c1OC. The quantitative estimate of drug-likeness (QED) is 0.569. The summed E-state index contributed by atoms with van der Waals surface area (Å²) in [5.74, 6) is -0.721. The van der Waals surface area contributed by atoms with Gasteiger partial charge in [0, 0.05) is 18.5 Å². The van der Waals surface area contributed by atoms with E-state index in [1.807, 2.05) is 0 Å². The highest BCUT2D eigenvalue weighted by Crippen LogP contribution is 2.38. The Morgan fingerprint density at radius 1 is 1.00 bits per heavy atom. The summed E-state index contributed by atoms with van der Waals surface area (Å²) in [6.45, 7) is 1.53. The maximum atomic E-state index is 12.1. The zero-order valence-corrected chi connectivity index (χ0v) is 13.0. The lowest BCUT2D eigenvalue weighted by Gasteiger charge is -2.13. The molecule has 0 aromatic heterocycles. The monoisotopic (exact) mass is 309 g/mol. The number of amides is 1. The minimum Gasteiger partial charge on any atom is -0.493 e. The van der Waals surface area contributed by atoms with E-state index in [-0.39, 0.29) is 35.8 Å². The first-order valence-corrected chi connectivity index (χ1v) is 6.56. The van der Waals surface area contributed by atoms with Gasteiger partial charge in [-0.1, -0.05) is 0 Å². The lowest BCUT2D eigenvalue weighted by Crippen LogP contribution is -2.32. The first-order chi connectivity index (χ1) is 10.4. The van der Waals surface area contributed by atoms with E-state index in [4.69, 9.17) is 14.2 Å². The van der Waals surface area contributed by atoms with Crippen LogP contribution in [0.4, 0.5) is 0 Å². The van der Waals surface area contributed by atoms with Crippen LogP contribution in [0.3, 0.4) is 0 Å². The van der Waals surface area contributed by atoms with Gasteiger partial charge in [-0.15, -0.1) is 0 Å². The van der Waals surface area contributed by atoms with Crippen molar-refractivity contribution in [2.45, 2.75) is 13.3 Å². The van der Waals surface area contributed by atoms with E-state index in [0.717, 1.165) is 0 Å². The van der Waals surface area contributed by atoms with Gasteiger partial charge in [-0.2, -0.15) is 0 Å². The topological polar surface area (TPSA) is 90.9 Å². The summed E-state index contributed by atoms with van der Waals surface area (Å²) in [5, 5.41) is 2.39. The molecule has 0 saturated carbocycles. The second-order valence-corrected chi connectivity index (χ2v) is 4.45. The van der Waals surface area contributed by atoms with E-state index in [9.17, 15) is 14.4 Å². The standard InChI is InChI=1S/C15H19NO6/c1-9(17)5-6-16-15(19)13(18)10-7-11(20-2)14(22-4)12(8-10)21-3/h7-8H,5-6H2,1-4H3,(H,16,19).